The van der Waals surface area contributed by atoms with Crippen LogP contribution in [0.4, 0.5) is 5.69 Å². The predicted octanol–water partition coefficient (Wildman–Crippen LogP) is 2.27. The van der Waals surface area contributed by atoms with E-state index >= 15 is 0 Å². The molecule has 0 aromatic heterocycles. The van der Waals surface area contributed by atoms with Gasteiger partial charge in [0.25, 0.3) is 0 Å². The Morgan fingerprint density at radius 1 is 1.04 bits per heavy atom. The molecule has 0 atom stereocenters. The molecule has 5 heteroatoms. The summed E-state index contributed by atoms with van der Waals surface area (Å²) in [6.07, 6.45) is 2.58. The maximum absolute atomic E-state index is 6.36. The van der Waals surface area contributed by atoms with Gasteiger partial charge in [-0.2, -0.15) is 0 Å². The quantitative estimate of drug-likeness (QED) is 0.863. The molecule has 1 aliphatic carbocycles. The highest BCUT2D eigenvalue weighted by molar-refractivity contribution is 6.62. The third-order valence-corrected chi connectivity index (χ3v) is 6.08. The van der Waals surface area contributed by atoms with E-state index < -0.39 is 0 Å². The minimum atomic E-state index is -0.288. The van der Waals surface area contributed by atoms with Gasteiger partial charge in [0.15, 0.2) is 0 Å². The average Bonchev–Trinajstić information content (AvgIpc) is 3.35. The van der Waals surface area contributed by atoms with Crippen molar-refractivity contribution in [2.45, 2.75) is 57.7 Å². The molecule has 0 amide bonds. The summed E-state index contributed by atoms with van der Waals surface area (Å²) in [5, 5.41) is 3.42. The molecule has 3 fully saturated rings. The lowest BCUT2D eigenvalue weighted by molar-refractivity contribution is 0.00578. The van der Waals surface area contributed by atoms with Gasteiger partial charge in [-0.1, -0.05) is 6.07 Å². The molecule has 0 radical (unpaired) electrons. The van der Waals surface area contributed by atoms with E-state index in [4.69, 9.17) is 9.31 Å². The van der Waals surface area contributed by atoms with E-state index in [1.807, 2.05) is 0 Å². The van der Waals surface area contributed by atoms with Crippen LogP contribution in [0, 0.1) is 0 Å². The van der Waals surface area contributed by atoms with Crippen LogP contribution in [0.5, 0.6) is 0 Å². The molecule has 3 aliphatic rings. The fraction of sp³-hybridized carbons (Fsp3) is 0.684. The van der Waals surface area contributed by atoms with E-state index in [0.29, 0.717) is 5.92 Å². The van der Waals surface area contributed by atoms with Crippen molar-refractivity contribution in [3.63, 3.8) is 0 Å². The molecule has 1 N–H and O–H groups in total. The summed E-state index contributed by atoms with van der Waals surface area (Å²) in [7, 11) is -0.256. The Balaban J connectivity index is 1.67. The van der Waals surface area contributed by atoms with E-state index in [9.17, 15) is 0 Å². The monoisotopic (exact) mass is 328 g/mol. The largest absolute Gasteiger partial charge is 0.495 e. The van der Waals surface area contributed by atoms with E-state index in [0.717, 1.165) is 26.2 Å². The van der Waals surface area contributed by atoms with Gasteiger partial charge in [0.05, 0.1) is 11.2 Å². The van der Waals surface area contributed by atoms with E-state index in [1.54, 1.807) is 0 Å². The second-order valence-corrected chi connectivity index (χ2v) is 8.41. The molecule has 0 unspecified atom stereocenters. The highest BCUT2D eigenvalue weighted by Gasteiger charge is 2.52. The van der Waals surface area contributed by atoms with Crippen molar-refractivity contribution in [2.75, 3.05) is 31.1 Å². The van der Waals surface area contributed by atoms with Gasteiger partial charge < -0.3 is 19.5 Å². The first-order valence-electron chi connectivity index (χ1n) is 9.32. The zero-order valence-electron chi connectivity index (χ0n) is 15.4. The maximum Gasteiger partial charge on any atom is 0.495 e. The second kappa shape index (κ2) is 5.75. The lowest BCUT2D eigenvalue weighted by Crippen LogP contribution is -2.44. The summed E-state index contributed by atoms with van der Waals surface area (Å²) in [5.74, 6) is 0.691. The molecule has 1 aromatic carbocycles. The van der Waals surface area contributed by atoms with Crippen molar-refractivity contribution in [2.24, 2.45) is 0 Å². The van der Waals surface area contributed by atoms with Crippen molar-refractivity contribution < 1.29 is 9.31 Å². The van der Waals surface area contributed by atoms with Crippen molar-refractivity contribution in [1.29, 1.82) is 0 Å². The molecule has 24 heavy (non-hydrogen) atoms. The fourth-order valence-electron chi connectivity index (χ4n) is 3.62. The summed E-state index contributed by atoms with van der Waals surface area (Å²) in [4.78, 5) is 2.46. The van der Waals surface area contributed by atoms with Crippen LogP contribution in [0.2, 0.25) is 0 Å². The fourth-order valence-corrected chi connectivity index (χ4v) is 3.62. The molecular formula is C19H29BN2O2. The standard InChI is InChI=1S/C19H29BN2O2/c1-18(2)19(3,4)24-20(23-18)17-13-15(22-11-9-21-10-12-22)7-8-16(17)14-5-6-14/h7-8,13-14,21H,5-6,9-12H2,1-4H3. The number of hydrogen-bond acceptors (Lipinski definition) is 4. The van der Waals surface area contributed by atoms with Crippen LogP contribution in [0.25, 0.3) is 0 Å². The van der Waals surface area contributed by atoms with Gasteiger partial charge in [-0.15, -0.1) is 0 Å². The van der Waals surface area contributed by atoms with Gasteiger partial charge >= 0.3 is 7.12 Å². The molecule has 130 valence electrons. The molecular weight excluding hydrogens is 299 g/mol. The third-order valence-electron chi connectivity index (χ3n) is 6.08. The Labute approximate surface area is 146 Å². The SMILES string of the molecule is CC1(C)OB(c2cc(N3CCNCC3)ccc2C2CC2)OC1(C)C. The Morgan fingerprint density at radius 2 is 1.67 bits per heavy atom. The first kappa shape index (κ1) is 16.4. The van der Waals surface area contributed by atoms with Crippen LogP contribution in [-0.2, 0) is 9.31 Å². The Hall–Kier alpha value is -1.04. The molecule has 4 nitrogen and oxygen atoms in total. The molecule has 1 aromatic rings. The predicted molar refractivity (Wildman–Crippen MR) is 99.2 cm³/mol. The first-order chi connectivity index (χ1) is 11.4. The Bertz CT molecular complexity index is 606. The Kier molecular flexibility index (Phi) is 3.94. The van der Waals surface area contributed by atoms with Crippen LogP contribution in [-0.4, -0.2) is 44.5 Å². The number of nitrogens with one attached hydrogen (secondary N) is 1. The number of anilines is 1. The van der Waals surface area contributed by atoms with Gasteiger partial charge in [0.1, 0.15) is 0 Å². The van der Waals surface area contributed by atoms with Gasteiger partial charge in [-0.05, 0) is 69.6 Å². The lowest BCUT2D eigenvalue weighted by atomic mass is 9.74. The summed E-state index contributed by atoms with van der Waals surface area (Å²) >= 11 is 0. The van der Waals surface area contributed by atoms with Crippen LogP contribution < -0.4 is 15.7 Å². The first-order valence-corrected chi connectivity index (χ1v) is 9.32. The number of hydrogen-bond donors (Lipinski definition) is 1. The number of rotatable bonds is 3. The van der Waals surface area contributed by atoms with Gasteiger partial charge in [-0.3, -0.25) is 0 Å². The molecule has 0 spiro atoms. The summed E-state index contributed by atoms with van der Waals surface area (Å²) in [5.41, 5.74) is 3.39. The van der Waals surface area contributed by atoms with E-state index in [1.165, 1.54) is 29.6 Å². The summed E-state index contributed by atoms with van der Waals surface area (Å²) in [6.45, 7) is 12.7. The highest BCUT2D eigenvalue weighted by Crippen LogP contribution is 2.42. The zero-order chi connectivity index (χ0) is 16.9. The van der Waals surface area contributed by atoms with E-state index in [-0.39, 0.29) is 18.3 Å². The van der Waals surface area contributed by atoms with Crippen molar-refractivity contribution >= 4 is 18.3 Å². The molecule has 2 saturated heterocycles. The van der Waals surface area contributed by atoms with Gasteiger partial charge in [0.2, 0.25) is 0 Å². The normalized spacial score (nSPS) is 26.0. The van der Waals surface area contributed by atoms with Crippen LogP contribution >= 0.6 is 0 Å². The number of benzene rings is 1. The topological polar surface area (TPSA) is 33.7 Å². The summed E-state index contributed by atoms with van der Waals surface area (Å²) < 4.78 is 12.7. The number of nitrogens with zero attached hydrogens (tertiary/aromatic N) is 1. The Morgan fingerprint density at radius 3 is 2.25 bits per heavy atom. The highest BCUT2D eigenvalue weighted by atomic mass is 16.7. The smallest absolute Gasteiger partial charge is 0.399 e. The van der Waals surface area contributed by atoms with Crippen LogP contribution in [0.15, 0.2) is 18.2 Å². The molecule has 2 aliphatic heterocycles. The second-order valence-electron chi connectivity index (χ2n) is 8.41. The maximum atomic E-state index is 6.36. The van der Waals surface area contributed by atoms with Gasteiger partial charge in [0, 0.05) is 31.9 Å². The van der Waals surface area contributed by atoms with Crippen LogP contribution in [0.1, 0.15) is 52.0 Å². The summed E-state index contributed by atoms with van der Waals surface area (Å²) in [6, 6.07) is 6.92. The molecule has 1 saturated carbocycles. The van der Waals surface area contributed by atoms with Crippen molar-refractivity contribution in [3.8, 4) is 0 Å². The lowest BCUT2D eigenvalue weighted by Gasteiger charge is -2.32. The van der Waals surface area contributed by atoms with Gasteiger partial charge in [-0.25, -0.2) is 0 Å². The third kappa shape index (κ3) is 2.87. The molecule has 2 heterocycles. The van der Waals surface area contributed by atoms with Crippen molar-refractivity contribution in [1.82, 2.24) is 5.32 Å². The minimum absolute atomic E-state index is 0.256. The zero-order valence-corrected chi connectivity index (χ0v) is 15.4. The average molecular weight is 328 g/mol. The van der Waals surface area contributed by atoms with Crippen molar-refractivity contribution in [3.05, 3.63) is 23.8 Å². The molecule has 0 bridgehead atoms. The molecule has 4 rings (SSSR count). The minimum Gasteiger partial charge on any atom is -0.399 e. The van der Waals surface area contributed by atoms with Crippen LogP contribution in [0.3, 0.4) is 0 Å². The van der Waals surface area contributed by atoms with E-state index in [2.05, 4.69) is 56.1 Å². The number of piperazine rings is 1.